The van der Waals surface area contributed by atoms with Crippen molar-refractivity contribution in [2.45, 2.75) is 20.0 Å². The van der Waals surface area contributed by atoms with Crippen molar-refractivity contribution < 1.29 is 9.47 Å². The number of benzene rings is 2. The number of guanidine groups is 1. The van der Waals surface area contributed by atoms with E-state index in [0.717, 1.165) is 28.7 Å². The second-order valence-corrected chi connectivity index (χ2v) is 5.80. The van der Waals surface area contributed by atoms with Crippen molar-refractivity contribution in [3.63, 3.8) is 0 Å². The summed E-state index contributed by atoms with van der Waals surface area (Å²) < 4.78 is 10.6. The Morgan fingerprint density at radius 2 is 1.62 bits per heavy atom. The van der Waals surface area contributed by atoms with E-state index in [1.807, 2.05) is 49.4 Å². The second-order valence-electron chi connectivity index (χ2n) is 5.36. The Labute approximate surface area is 177 Å². The molecule has 0 unspecified atom stereocenters. The molecule has 26 heavy (non-hydrogen) atoms. The topological polar surface area (TPSA) is 54.9 Å². The van der Waals surface area contributed by atoms with Gasteiger partial charge in [0.15, 0.2) is 17.5 Å². The molecule has 5 nitrogen and oxygen atoms in total. The lowest BCUT2D eigenvalue weighted by atomic mass is 10.2. The van der Waals surface area contributed by atoms with Crippen molar-refractivity contribution in [3.05, 3.63) is 58.6 Å². The first kappa shape index (κ1) is 22.4. The molecule has 0 saturated carbocycles. The van der Waals surface area contributed by atoms with Crippen LogP contribution in [0.3, 0.4) is 0 Å². The fourth-order valence-corrected chi connectivity index (χ4v) is 2.41. The van der Waals surface area contributed by atoms with Gasteiger partial charge in [-0.15, -0.1) is 24.0 Å². The predicted molar refractivity (Wildman–Crippen MR) is 118 cm³/mol. The van der Waals surface area contributed by atoms with Crippen LogP contribution >= 0.6 is 35.6 Å². The van der Waals surface area contributed by atoms with Crippen molar-refractivity contribution in [2.75, 3.05) is 20.8 Å². The minimum atomic E-state index is 0. The average Bonchev–Trinajstić information content (AvgIpc) is 2.65. The Kier molecular flexibility index (Phi) is 10.2. The molecule has 0 aliphatic rings. The van der Waals surface area contributed by atoms with E-state index < -0.39 is 0 Å². The van der Waals surface area contributed by atoms with Crippen molar-refractivity contribution in [1.82, 2.24) is 10.6 Å². The number of hydrogen-bond donors (Lipinski definition) is 2. The monoisotopic (exact) mass is 489 g/mol. The highest BCUT2D eigenvalue weighted by atomic mass is 127. The van der Waals surface area contributed by atoms with Crippen LogP contribution in [-0.4, -0.2) is 26.7 Å². The van der Waals surface area contributed by atoms with Gasteiger partial charge in [0.2, 0.25) is 0 Å². The third-order valence-electron chi connectivity index (χ3n) is 3.59. The third kappa shape index (κ3) is 6.92. The molecule has 0 radical (unpaired) electrons. The van der Waals surface area contributed by atoms with Crippen molar-refractivity contribution in [3.8, 4) is 11.5 Å². The molecule has 2 aromatic carbocycles. The summed E-state index contributed by atoms with van der Waals surface area (Å²) in [5.74, 6) is 2.17. The molecule has 0 aliphatic carbocycles. The van der Waals surface area contributed by atoms with Crippen LogP contribution in [0.15, 0.2) is 47.5 Å². The minimum Gasteiger partial charge on any atom is -0.493 e. The number of nitrogens with one attached hydrogen (secondary N) is 2. The number of rotatable bonds is 7. The molecule has 0 atom stereocenters. The van der Waals surface area contributed by atoms with E-state index >= 15 is 0 Å². The van der Waals surface area contributed by atoms with Gasteiger partial charge in [0, 0.05) is 18.1 Å². The molecule has 0 spiro atoms. The first-order valence-corrected chi connectivity index (χ1v) is 8.51. The molecule has 142 valence electrons. The zero-order valence-corrected chi connectivity index (χ0v) is 18.3. The summed E-state index contributed by atoms with van der Waals surface area (Å²) >= 11 is 5.91. The highest BCUT2D eigenvalue weighted by molar-refractivity contribution is 14.0. The average molecular weight is 490 g/mol. The summed E-state index contributed by atoms with van der Waals surface area (Å²) in [7, 11) is 3.25. The summed E-state index contributed by atoms with van der Waals surface area (Å²) in [6.45, 7) is 4.04. The molecule has 0 saturated heterocycles. The first-order valence-electron chi connectivity index (χ1n) is 8.13. The van der Waals surface area contributed by atoms with Gasteiger partial charge in [-0.3, -0.25) is 0 Å². The number of ether oxygens (including phenoxy) is 2. The largest absolute Gasteiger partial charge is 0.493 e. The van der Waals surface area contributed by atoms with Gasteiger partial charge in [0.05, 0.1) is 20.8 Å². The Morgan fingerprint density at radius 1 is 0.962 bits per heavy atom. The normalized spacial score (nSPS) is 10.7. The van der Waals surface area contributed by atoms with E-state index in [2.05, 4.69) is 15.6 Å². The molecule has 2 rings (SSSR count). The lowest BCUT2D eigenvalue weighted by Gasteiger charge is -2.12. The van der Waals surface area contributed by atoms with Crippen LogP contribution in [0.2, 0.25) is 5.02 Å². The van der Waals surface area contributed by atoms with Gasteiger partial charge in [0.1, 0.15) is 0 Å². The summed E-state index contributed by atoms with van der Waals surface area (Å²) in [5, 5.41) is 7.29. The van der Waals surface area contributed by atoms with Gasteiger partial charge in [-0.05, 0) is 42.3 Å². The molecule has 0 bridgehead atoms. The number of halogens is 2. The van der Waals surface area contributed by atoms with E-state index in [0.29, 0.717) is 24.6 Å². The van der Waals surface area contributed by atoms with Crippen LogP contribution in [0.4, 0.5) is 0 Å². The van der Waals surface area contributed by atoms with Gasteiger partial charge >= 0.3 is 0 Å². The zero-order valence-electron chi connectivity index (χ0n) is 15.2. The Morgan fingerprint density at radius 3 is 2.23 bits per heavy atom. The fraction of sp³-hybridized carbons (Fsp3) is 0.316. The lowest BCUT2D eigenvalue weighted by Crippen LogP contribution is -2.36. The number of methoxy groups -OCH3 is 2. The summed E-state index contributed by atoms with van der Waals surface area (Å²) in [5.41, 5.74) is 2.18. The molecule has 0 aromatic heterocycles. The first-order chi connectivity index (χ1) is 12.2. The van der Waals surface area contributed by atoms with Crippen molar-refractivity contribution in [2.24, 2.45) is 4.99 Å². The van der Waals surface area contributed by atoms with E-state index in [-0.39, 0.29) is 24.0 Å². The minimum absolute atomic E-state index is 0. The SMILES string of the molecule is CCNC(=NCc1ccc(OC)c(OC)c1)NCc1ccc(Cl)cc1.I. The van der Waals surface area contributed by atoms with Crippen LogP contribution in [0.5, 0.6) is 11.5 Å². The summed E-state index contributed by atoms with van der Waals surface area (Å²) in [6, 6.07) is 13.6. The maximum atomic E-state index is 5.91. The van der Waals surface area contributed by atoms with Crippen LogP contribution in [0, 0.1) is 0 Å². The number of nitrogens with zero attached hydrogens (tertiary/aromatic N) is 1. The van der Waals surface area contributed by atoms with Gasteiger partial charge in [-0.2, -0.15) is 0 Å². The van der Waals surface area contributed by atoms with Crippen LogP contribution < -0.4 is 20.1 Å². The van der Waals surface area contributed by atoms with Crippen molar-refractivity contribution in [1.29, 1.82) is 0 Å². The molecule has 0 heterocycles. The standard InChI is InChI=1S/C19H24ClN3O2.HI/c1-4-21-19(22-12-14-5-8-16(20)9-6-14)23-13-15-7-10-17(24-2)18(11-15)25-3;/h5-11H,4,12-13H2,1-3H3,(H2,21,22,23);1H. The predicted octanol–water partition coefficient (Wildman–Crippen LogP) is 4.23. The van der Waals surface area contributed by atoms with Crippen LogP contribution in [0.25, 0.3) is 0 Å². The maximum Gasteiger partial charge on any atom is 0.191 e. The highest BCUT2D eigenvalue weighted by Gasteiger charge is 2.05. The van der Waals surface area contributed by atoms with Gasteiger partial charge in [0.25, 0.3) is 0 Å². The molecule has 0 aliphatic heterocycles. The van der Waals surface area contributed by atoms with Crippen LogP contribution in [0.1, 0.15) is 18.1 Å². The quantitative estimate of drug-likeness (QED) is 0.347. The van der Waals surface area contributed by atoms with Gasteiger partial charge < -0.3 is 20.1 Å². The Balaban J connectivity index is 0.00000338. The maximum absolute atomic E-state index is 5.91. The molecule has 2 aromatic rings. The molecule has 7 heteroatoms. The van der Waals surface area contributed by atoms with Gasteiger partial charge in [-0.1, -0.05) is 29.8 Å². The molecule has 0 amide bonds. The number of hydrogen-bond acceptors (Lipinski definition) is 3. The third-order valence-corrected chi connectivity index (χ3v) is 3.84. The Bertz CT molecular complexity index is 708. The highest BCUT2D eigenvalue weighted by Crippen LogP contribution is 2.27. The second kappa shape index (κ2) is 11.9. The number of aliphatic imine (C=N–C) groups is 1. The van der Waals surface area contributed by atoms with Gasteiger partial charge in [-0.25, -0.2) is 4.99 Å². The molecule has 2 N–H and O–H groups in total. The van der Waals surface area contributed by atoms with Crippen molar-refractivity contribution >= 4 is 41.5 Å². The summed E-state index contributed by atoms with van der Waals surface area (Å²) in [4.78, 5) is 4.62. The fourth-order valence-electron chi connectivity index (χ4n) is 2.28. The van der Waals surface area contributed by atoms with E-state index in [9.17, 15) is 0 Å². The lowest BCUT2D eigenvalue weighted by molar-refractivity contribution is 0.354. The smallest absolute Gasteiger partial charge is 0.191 e. The van der Waals surface area contributed by atoms with E-state index in [1.165, 1.54) is 0 Å². The van der Waals surface area contributed by atoms with Crippen LogP contribution in [-0.2, 0) is 13.1 Å². The molecular formula is C19H25ClIN3O2. The molecule has 0 fully saturated rings. The van der Waals surface area contributed by atoms with E-state index in [1.54, 1.807) is 14.2 Å². The van der Waals surface area contributed by atoms with E-state index in [4.69, 9.17) is 21.1 Å². The molecular weight excluding hydrogens is 465 g/mol. The Hall–Kier alpha value is -1.67. The summed E-state index contributed by atoms with van der Waals surface area (Å²) in [6.07, 6.45) is 0. The zero-order chi connectivity index (χ0) is 18.1.